The molecule has 0 saturated carbocycles. The van der Waals surface area contributed by atoms with E-state index in [1.807, 2.05) is 11.0 Å². The third-order valence-corrected chi connectivity index (χ3v) is 5.02. The summed E-state index contributed by atoms with van der Waals surface area (Å²) in [5.74, 6) is 1.31. The van der Waals surface area contributed by atoms with Crippen molar-refractivity contribution in [1.82, 2.24) is 10.2 Å². The number of hydrogen-bond donors (Lipinski definition) is 1. The summed E-state index contributed by atoms with van der Waals surface area (Å²) in [6, 6.07) is 8.70. The van der Waals surface area contributed by atoms with Gasteiger partial charge in [0, 0.05) is 31.6 Å². The molecule has 0 unspecified atom stereocenters. The van der Waals surface area contributed by atoms with Gasteiger partial charge >= 0.3 is 0 Å². The maximum atomic E-state index is 12.2. The van der Waals surface area contributed by atoms with E-state index in [0.29, 0.717) is 35.9 Å². The third kappa shape index (κ3) is 6.18. The van der Waals surface area contributed by atoms with Crippen molar-refractivity contribution in [2.75, 3.05) is 19.6 Å². The van der Waals surface area contributed by atoms with Crippen molar-refractivity contribution >= 4 is 11.8 Å². The summed E-state index contributed by atoms with van der Waals surface area (Å²) >= 11 is 0. The van der Waals surface area contributed by atoms with Gasteiger partial charge in [-0.25, -0.2) is 0 Å². The Morgan fingerprint density at radius 1 is 1.23 bits per heavy atom. The summed E-state index contributed by atoms with van der Waals surface area (Å²) in [4.78, 5) is 26.3. The lowest BCUT2D eigenvalue weighted by Crippen LogP contribution is -2.39. The molecule has 1 fully saturated rings. The summed E-state index contributed by atoms with van der Waals surface area (Å²) in [5.41, 5.74) is 1.13. The molecule has 1 aromatic carbocycles. The molecule has 0 aliphatic carbocycles. The van der Waals surface area contributed by atoms with Crippen molar-refractivity contribution < 1.29 is 9.59 Å². The molecule has 0 spiro atoms. The zero-order valence-corrected chi connectivity index (χ0v) is 15.8. The van der Waals surface area contributed by atoms with E-state index in [0.717, 1.165) is 38.8 Å². The summed E-state index contributed by atoms with van der Waals surface area (Å²) < 4.78 is 0. The molecular formula is C21H29N3O2. The summed E-state index contributed by atoms with van der Waals surface area (Å²) in [7, 11) is 0. The van der Waals surface area contributed by atoms with Crippen LogP contribution in [-0.2, 0) is 4.79 Å². The normalized spacial score (nSPS) is 14.9. The van der Waals surface area contributed by atoms with E-state index < -0.39 is 0 Å². The van der Waals surface area contributed by atoms with Crippen LogP contribution in [0.25, 0.3) is 0 Å². The number of rotatable bonds is 7. The first-order valence-corrected chi connectivity index (χ1v) is 9.55. The lowest BCUT2D eigenvalue weighted by atomic mass is 9.93. The molecule has 140 valence electrons. The quantitative estimate of drug-likeness (QED) is 0.815. The zero-order chi connectivity index (χ0) is 18.9. The predicted molar refractivity (Wildman–Crippen MR) is 101 cm³/mol. The Morgan fingerprint density at radius 3 is 2.46 bits per heavy atom. The fourth-order valence-electron chi connectivity index (χ4n) is 3.23. The van der Waals surface area contributed by atoms with Crippen LogP contribution in [-0.4, -0.2) is 36.3 Å². The minimum absolute atomic E-state index is 0.101. The Hall–Kier alpha value is -2.35. The highest BCUT2D eigenvalue weighted by atomic mass is 16.2. The maximum absolute atomic E-state index is 12.2. The van der Waals surface area contributed by atoms with E-state index in [4.69, 9.17) is 5.26 Å². The Morgan fingerprint density at radius 2 is 1.88 bits per heavy atom. The van der Waals surface area contributed by atoms with E-state index in [2.05, 4.69) is 19.2 Å². The van der Waals surface area contributed by atoms with Crippen molar-refractivity contribution in [1.29, 1.82) is 5.26 Å². The Balaban J connectivity index is 1.66. The van der Waals surface area contributed by atoms with E-state index in [1.54, 1.807) is 24.3 Å². The monoisotopic (exact) mass is 355 g/mol. The van der Waals surface area contributed by atoms with Gasteiger partial charge in [0.1, 0.15) is 0 Å². The lowest BCUT2D eigenvalue weighted by Gasteiger charge is -2.32. The molecule has 1 N–H and O–H groups in total. The molecular weight excluding hydrogens is 326 g/mol. The Kier molecular flexibility index (Phi) is 7.65. The van der Waals surface area contributed by atoms with Gasteiger partial charge in [-0.2, -0.15) is 5.26 Å². The predicted octanol–water partition coefficient (Wildman–Crippen LogP) is 3.35. The van der Waals surface area contributed by atoms with Gasteiger partial charge in [-0.05, 0) is 61.8 Å². The second-order valence-electron chi connectivity index (χ2n) is 7.49. The largest absolute Gasteiger partial charge is 0.352 e. The number of carbonyl (C=O) groups excluding carboxylic acids is 2. The number of amides is 2. The molecule has 0 aromatic heterocycles. The smallest absolute Gasteiger partial charge is 0.251 e. The average Bonchev–Trinajstić information content (AvgIpc) is 2.66. The second kappa shape index (κ2) is 9.96. The first-order valence-electron chi connectivity index (χ1n) is 9.55. The van der Waals surface area contributed by atoms with Crippen molar-refractivity contribution in [2.24, 2.45) is 11.8 Å². The van der Waals surface area contributed by atoms with Crippen LogP contribution in [0.2, 0.25) is 0 Å². The van der Waals surface area contributed by atoms with Crippen molar-refractivity contribution in [3.63, 3.8) is 0 Å². The van der Waals surface area contributed by atoms with Crippen molar-refractivity contribution in [3.8, 4) is 6.07 Å². The molecule has 1 aliphatic heterocycles. The second-order valence-corrected chi connectivity index (χ2v) is 7.49. The molecule has 2 rings (SSSR count). The molecule has 1 heterocycles. The minimum atomic E-state index is -0.101. The van der Waals surface area contributed by atoms with Crippen LogP contribution in [0, 0.1) is 23.2 Å². The topological polar surface area (TPSA) is 73.2 Å². The van der Waals surface area contributed by atoms with Crippen LogP contribution in [0.3, 0.4) is 0 Å². The van der Waals surface area contributed by atoms with E-state index >= 15 is 0 Å². The summed E-state index contributed by atoms with van der Waals surface area (Å²) in [6.07, 6.45) is 4.58. The van der Waals surface area contributed by atoms with E-state index in [9.17, 15) is 9.59 Å². The SMILES string of the molecule is CC(C)CCC(=O)N1CCC(CCNC(=O)c2ccc(C#N)cc2)CC1. The first kappa shape index (κ1) is 20.0. The molecule has 1 aromatic rings. The van der Waals surface area contributed by atoms with Gasteiger partial charge in [0.05, 0.1) is 11.6 Å². The standard InChI is InChI=1S/C21H29N3O2/c1-16(2)3-8-20(25)24-13-10-17(11-14-24)9-12-23-21(26)19-6-4-18(15-22)5-7-19/h4-7,16-17H,3,8-14H2,1-2H3,(H,23,26). The summed E-state index contributed by atoms with van der Waals surface area (Å²) in [5, 5.41) is 11.7. The molecule has 1 saturated heterocycles. The molecule has 5 heteroatoms. The Labute approximate surface area is 156 Å². The van der Waals surface area contributed by atoms with Crippen LogP contribution in [0.5, 0.6) is 0 Å². The first-order chi connectivity index (χ1) is 12.5. The van der Waals surface area contributed by atoms with Gasteiger partial charge < -0.3 is 10.2 Å². The highest BCUT2D eigenvalue weighted by Gasteiger charge is 2.22. The van der Waals surface area contributed by atoms with Crippen LogP contribution in [0.1, 0.15) is 61.9 Å². The molecule has 26 heavy (non-hydrogen) atoms. The van der Waals surface area contributed by atoms with Gasteiger partial charge in [-0.1, -0.05) is 13.8 Å². The Bertz CT molecular complexity index is 638. The number of nitrogens with one attached hydrogen (secondary N) is 1. The molecule has 1 aliphatic rings. The summed E-state index contributed by atoms with van der Waals surface area (Å²) in [6.45, 7) is 6.61. The number of piperidine rings is 1. The molecule has 0 bridgehead atoms. The zero-order valence-electron chi connectivity index (χ0n) is 15.8. The molecule has 5 nitrogen and oxygen atoms in total. The van der Waals surface area contributed by atoms with Crippen LogP contribution in [0.15, 0.2) is 24.3 Å². The van der Waals surface area contributed by atoms with Gasteiger partial charge in [0.2, 0.25) is 5.91 Å². The van der Waals surface area contributed by atoms with Gasteiger partial charge in [0.15, 0.2) is 0 Å². The maximum Gasteiger partial charge on any atom is 0.251 e. The van der Waals surface area contributed by atoms with Gasteiger partial charge in [-0.3, -0.25) is 9.59 Å². The van der Waals surface area contributed by atoms with Gasteiger partial charge in [0.25, 0.3) is 5.91 Å². The average molecular weight is 355 g/mol. The molecule has 2 amide bonds. The van der Waals surface area contributed by atoms with Crippen molar-refractivity contribution in [2.45, 2.75) is 46.0 Å². The number of likely N-dealkylation sites (tertiary alicyclic amines) is 1. The lowest BCUT2D eigenvalue weighted by molar-refractivity contribution is -0.132. The van der Waals surface area contributed by atoms with E-state index in [1.165, 1.54) is 0 Å². The number of hydrogen-bond acceptors (Lipinski definition) is 3. The van der Waals surface area contributed by atoms with Crippen LogP contribution < -0.4 is 5.32 Å². The fraction of sp³-hybridized carbons (Fsp3) is 0.571. The minimum Gasteiger partial charge on any atom is -0.352 e. The van der Waals surface area contributed by atoms with Crippen molar-refractivity contribution in [3.05, 3.63) is 35.4 Å². The highest BCUT2D eigenvalue weighted by Crippen LogP contribution is 2.21. The highest BCUT2D eigenvalue weighted by molar-refractivity contribution is 5.94. The number of carbonyl (C=O) groups is 2. The third-order valence-electron chi connectivity index (χ3n) is 5.02. The number of nitriles is 1. The fourth-order valence-corrected chi connectivity index (χ4v) is 3.23. The molecule has 0 atom stereocenters. The number of nitrogens with zero attached hydrogens (tertiary/aromatic N) is 2. The van der Waals surface area contributed by atoms with Crippen LogP contribution in [0.4, 0.5) is 0 Å². The number of benzene rings is 1. The van der Waals surface area contributed by atoms with Crippen LogP contribution >= 0.6 is 0 Å². The molecule has 0 radical (unpaired) electrons. The van der Waals surface area contributed by atoms with Gasteiger partial charge in [-0.15, -0.1) is 0 Å². The van der Waals surface area contributed by atoms with E-state index in [-0.39, 0.29) is 11.8 Å².